The number of ether oxygens (including phenoxy) is 2. The highest BCUT2D eigenvalue weighted by molar-refractivity contribution is 5.96. The zero-order chi connectivity index (χ0) is 21.0. The largest absolute Gasteiger partial charge is 0.490 e. The molecule has 1 heterocycles. The maximum atomic E-state index is 12.9. The second-order valence-electron chi connectivity index (χ2n) is 5.97. The van der Waals surface area contributed by atoms with Gasteiger partial charge in [0.15, 0.2) is 17.2 Å². The van der Waals surface area contributed by atoms with Crippen molar-refractivity contribution in [3.8, 4) is 22.8 Å². The minimum atomic E-state index is -4.43. The van der Waals surface area contributed by atoms with E-state index < -0.39 is 17.6 Å². The SMILES string of the molecule is CCOc1cc(-c2n[nH]nc2C(N)=O)ccc1OCc1cccc(C(F)(F)F)c1. The van der Waals surface area contributed by atoms with Crippen molar-refractivity contribution in [1.82, 2.24) is 15.4 Å². The molecule has 0 atom stereocenters. The molecule has 0 spiro atoms. The maximum absolute atomic E-state index is 12.9. The van der Waals surface area contributed by atoms with Crippen molar-refractivity contribution in [2.75, 3.05) is 6.61 Å². The minimum Gasteiger partial charge on any atom is -0.490 e. The molecule has 0 unspecified atom stereocenters. The Morgan fingerprint density at radius 1 is 1.10 bits per heavy atom. The third kappa shape index (κ3) is 4.65. The lowest BCUT2D eigenvalue weighted by Gasteiger charge is -2.14. The van der Waals surface area contributed by atoms with E-state index in [0.717, 1.165) is 12.1 Å². The molecule has 29 heavy (non-hydrogen) atoms. The van der Waals surface area contributed by atoms with Crippen LogP contribution in [0, 0.1) is 0 Å². The second-order valence-corrected chi connectivity index (χ2v) is 5.97. The van der Waals surface area contributed by atoms with Gasteiger partial charge < -0.3 is 15.2 Å². The average molecular weight is 406 g/mol. The van der Waals surface area contributed by atoms with Crippen molar-refractivity contribution >= 4 is 5.91 Å². The normalized spacial score (nSPS) is 11.3. The molecule has 3 N–H and O–H groups in total. The van der Waals surface area contributed by atoms with E-state index in [4.69, 9.17) is 15.2 Å². The van der Waals surface area contributed by atoms with Gasteiger partial charge in [-0.1, -0.05) is 12.1 Å². The molecule has 0 saturated heterocycles. The lowest BCUT2D eigenvalue weighted by atomic mass is 10.1. The number of hydrogen-bond donors (Lipinski definition) is 2. The molecule has 0 saturated carbocycles. The summed E-state index contributed by atoms with van der Waals surface area (Å²) in [5.74, 6) is -0.0656. The van der Waals surface area contributed by atoms with E-state index in [9.17, 15) is 18.0 Å². The number of nitrogens with one attached hydrogen (secondary N) is 1. The molecule has 0 aliphatic heterocycles. The number of nitrogens with two attached hydrogens (primary N) is 1. The quantitative estimate of drug-likeness (QED) is 0.624. The fraction of sp³-hybridized carbons (Fsp3) is 0.211. The number of H-pyrrole nitrogens is 1. The average Bonchev–Trinajstić information content (AvgIpc) is 3.17. The standard InChI is InChI=1S/C19H17F3N4O3/c1-2-28-15-9-12(16-17(18(23)27)25-26-24-16)6-7-14(15)29-10-11-4-3-5-13(8-11)19(20,21)22/h3-9H,2,10H2,1H3,(H2,23,27)(H,24,25,26). The predicted octanol–water partition coefficient (Wildman–Crippen LogP) is 3.57. The first-order valence-corrected chi connectivity index (χ1v) is 8.56. The summed E-state index contributed by atoms with van der Waals surface area (Å²) < 4.78 is 49.8. The third-order valence-corrected chi connectivity index (χ3v) is 3.95. The van der Waals surface area contributed by atoms with E-state index in [1.807, 2.05) is 0 Å². The van der Waals surface area contributed by atoms with Gasteiger partial charge in [0, 0.05) is 5.56 Å². The molecular formula is C19H17F3N4O3. The van der Waals surface area contributed by atoms with E-state index in [2.05, 4.69) is 15.4 Å². The van der Waals surface area contributed by atoms with Crippen LogP contribution >= 0.6 is 0 Å². The first-order chi connectivity index (χ1) is 13.8. The molecule has 152 valence electrons. The van der Waals surface area contributed by atoms with Crippen LogP contribution in [0.5, 0.6) is 11.5 Å². The summed E-state index contributed by atoms with van der Waals surface area (Å²) >= 11 is 0. The summed E-state index contributed by atoms with van der Waals surface area (Å²) in [5, 5.41) is 9.99. The Labute approximate surface area is 163 Å². The molecule has 10 heteroatoms. The van der Waals surface area contributed by atoms with Crippen LogP contribution in [0.2, 0.25) is 0 Å². The molecule has 0 aliphatic rings. The van der Waals surface area contributed by atoms with Crippen molar-refractivity contribution < 1.29 is 27.4 Å². The van der Waals surface area contributed by atoms with Gasteiger partial charge in [-0.25, -0.2) is 0 Å². The molecule has 0 radical (unpaired) electrons. The van der Waals surface area contributed by atoms with Gasteiger partial charge in [0.1, 0.15) is 12.3 Å². The number of amides is 1. The number of nitrogens with zero attached hydrogens (tertiary/aromatic N) is 2. The van der Waals surface area contributed by atoms with Crippen LogP contribution in [0.25, 0.3) is 11.3 Å². The molecule has 3 aromatic rings. The molecule has 0 fully saturated rings. The summed E-state index contributed by atoms with van der Waals surface area (Å²) in [5.41, 5.74) is 5.64. The number of benzene rings is 2. The topological polar surface area (TPSA) is 103 Å². The number of hydrogen-bond acceptors (Lipinski definition) is 5. The number of aromatic nitrogens is 3. The van der Waals surface area contributed by atoms with Gasteiger partial charge in [0.05, 0.1) is 12.2 Å². The molecule has 7 nitrogen and oxygen atoms in total. The van der Waals surface area contributed by atoms with E-state index in [1.165, 1.54) is 6.07 Å². The molecule has 2 aromatic carbocycles. The van der Waals surface area contributed by atoms with Gasteiger partial charge in [0.25, 0.3) is 5.91 Å². The number of halogens is 3. The van der Waals surface area contributed by atoms with Crippen LogP contribution in [0.1, 0.15) is 28.5 Å². The Balaban J connectivity index is 1.85. The Morgan fingerprint density at radius 2 is 1.90 bits per heavy atom. The summed E-state index contributed by atoms with van der Waals surface area (Å²) in [7, 11) is 0. The second kappa shape index (κ2) is 8.21. The van der Waals surface area contributed by atoms with Gasteiger partial charge in [-0.15, -0.1) is 0 Å². The van der Waals surface area contributed by atoms with E-state index >= 15 is 0 Å². The molecule has 1 aromatic heterocycles. The van der Waals surface area contributed by atoms with Gasteiger partial charge >= 0.3 is 6.18 Å². The van der Waals surface area contributed by atoms with Crippen molar-refractivity contribution in [2.24, 2.45) is 5.73 Å². The summed E-state index contributed by atoms with van der Waals surface area (Å²) in [6.07, 6.45) is -4.43. The molecule has 1 amide bonds. The Morgan fingerprint density at radius 3 is 2.59 bits per heavy atom. The summed E-state index contributed by atoms with van der Waals surface area (Å²) in [6.45, 7) is 2.01. The zero-order valence-corrected chi connectivity index (χ0v) is 15.3. The molecular weight excluding hydrogens is 389 g/mol. The van der Waals surface area contributed by atoms with Crippen molar-refractivity contribution in [2.45, 2.75) is 19.7 Å². The van der Waals surface area contributed by atoms with Gasteiger partial charge in [0.2, 0.25) is 0 Å². The van der Waals surface area contributed by atoms with Crippen LogP contribution in [-0.2, 0) is 12.8 Å². The van der Waals surface area contributed by atoms with Crippen LogP contribution in [0.3, 0.4) is 0 Å². The van der Waals surface area contributed by atoms with E-state index in [0.29, 0.717) is 29.2 Å². The summed E-state index contributed by atoms with van der Waals surface area (Å²) in [4.78, 5) is 11.5. The third-order valence-electron chi connectivity index (χ3n) is 3.95. The number of carbonyl (C=O) groups excluding carboxylic acids is 1. The highest BCUT2D eigenvalue weighted by Gasteiger charge is 2.30. The van der Waals surface area contributed by atoms with Crippen LogP contribution < -0.4 is 15.2 Å². The van der Waals surface area contributed by atoms with E-state index in [1.54, 1.807) is 31.2 Å². The lowest BCUT2D eigenvalue weighted by Crippen LogP contribution is -2.12. The Bertz CT molecular complexity index is 1020. The summed E-state index contributed by atoms with van der Waals surface area (Å²) in [6, 6.07) is 9.68. The maximum Gasteiger partial charge on any atom is 0.416 e. The van der Waals surface area contributed by atoms with Gasteiger partial charge in [-0.3, -0.25) is 4.79 Å². The highest BCUT2D eigenvalue weighted by Crippen LogP contribution is 2.34. The van der Waals surface area contributed by atoms with Crippen LogP contribution in [-0.4, -0.2) is 27.9 Å². The smallest absolute Gasteiger partial charge is 0.416 e. The van der Waals surface area contributed by atoms with Gasteiger partial charge in [-0.2, -0.15) is 28.6 Å². The van der Waals surface area contributed by atoms with Crippen molar-refractivity contribution in [1.29, 1.82) is 0 Å². The number of alkyl halides is 3. The Hall–Kier alpha value is -3.56. The number of carbonyl (C=O) groups is 1. The van der Waals surface area contributed by atoms with Crippen molar-refractivity contribution in [3.63, 3.8) is 0 Å². The highest BCUT2D eigenvalue weighted by atomic mass is 19.4. The first kappa shape index (κ1) is 20.2. The zero-order valence-electron chi connectivity index (χ0n) is 15.3. The predicted molar refractivity (Wildman–Crippen MR) is 97.3 cm³/mol. The number of rotatable bonds is 7. The fourth-order valence-electron chi connectivity index (χ4n) is 2.65. The number of aromatic amines is 1. The molecule has 0 bridgehead atoms. The number of primary amides is 1. The molecule has 3 rings (SSSR count). The Kier molecular flexibility index (Phi) is 5.71. The van der Waals surface area contributed by atoms with Gasteiger partial charge in [-0.05, 0) is 42.8 Å². The van der Waals surface area contributed by atoms with Crippen molar-refractivity contribution in [3.05, 3.63) is 59.3 Å². The molecule has 0 aliphatic carbocycles. The lowest BCUT2D eigenvalue weighted by molar-refractivity contribution is -0.137. The monoisotopic (exact) mass is 406 g/mol. The fourth-order valence-corrected chi connectivity index (χ4v) is 2.65. The van der Waals surface area contributed by atoms with Crippen LogP contribution in [0.15, 0.2) is 42.5 Å². The van der Waals surface area contributed by atoms with Crippen LogP contribution in [0.4, 0.5) is 13.2 Å². The minimum absolute atomic E-state index is 0.0231. The van der Waals surface area contributed by atoms with E-state index in [-0.39, 0.29) is 18.0 Å². The first-order valence-electron chi connectivity index (χ1n) is 8.56.